The second kappa shape index (κ2) is 7.48. The number of carbonyl (C=O) groups excluding carboxylic acids is 1. The van der Waals surface area contributed by atoms with Crippen LogP contribution in [0, 0.1) is 13.8 Å². The van der Waals surface area contributed by atoms with Crippen LogP contribution in [0.15, 0.2) is 71.5 Å². The molecule has 0 aliphatic carbocycles. The molecule has 2 aromatic heterocycles. The highest BCUT2D eigenvalue weighted by Gasteiger charge is 2.12. The zero-order valence-corrected chi connectivity index (χ0v) is 17.1. The van der Waals surface area contributed by atoms with Gasteiger partial charge in [-0.3, -0.25) is 4.98 Å². The predicted molar refractivity (Wildman–Crippen MR) is 117 cm³/mol. The van der Waals surface area contributed by atoms with Gasteiger partial charge in [0.2, 0.25) is 0 Å². The van der Waals surface area contributed by atoms with E-state index in [9.17, 15) is 4.79 Å². The molecule has 0 bridgehead atoms. The van der Waals surface area contributed by atoms with E-state index >= 15 is 0 Å². The number of fused-ring (bicyclic) bond motifs is 1. The van der Waals surface area contributed by atoms with Gasteiger partial charge >= 0.3 is 6.03 Å². The Morgan fingerprint density at radius 1 is 1.00 bits per heavy atom. The van der Waals surface area contributed by atoms with Crippen molar-refractivity contribution in [3.05, 3.63) is 82.7 Å². The Bertz CT molecular complexity index is 1170. The lowest BCUT2D eigenvalue weighted by molar-refractivity contribution is 0.262. The minimum absolute atomic E-state index is 0.280. The predicted octanol–water partition coefficient (Wildman–Crippen LogP) is 6.05. The van der Waals surface area contributed by atoms with Gasteiger partial charge in [0.25, 0.3) is 0 Å². The number of halogens is 1. The first-order valence-electron chi connectivity index (χ1n) is 8.88. The molecular formula is C22H19BrN4O. The van der Waals surface area contributed by atoms with Gasteiger partial charge in [0.1, 0.15) is 0 Å². The first-order chi connectivity index (χ1) is 13.5. The van der Waals surface area contributed by atoms with Gasteiger partial charge in [0, 0.05) is 39.3 Å². The molecule has 2 aromatic carbocycles. The molecule has 2 N–H and O–H groups in total. The largest absolute Gasteiger partial charge is 0.323 e. The quantitative estimate of drug-likeness (QED) is 0.412. The number of carbonyl (C=O) groups is 1. The Hall–Kier alpha value is -3.12. The van der Waals surface area contributed by atoms with E-state index in [1.807, 2.05) is 62.4 Å². The van der Waals surface area contributed by atoms with Crippen LogP contribution in [0.2, 0.25) is 0 Å². The number of hydrogen-bond donors (Lipinski definition) is 2. The Labute approximate surface area is 171 Å². The maximum absolute atomic E-state index is 12.5. The molecule has 0 fully saturated rings. The number of pyridine rings is 1. The van der Waals surface area contributed by atoms with E-state index in [1.54, 1.807) is 12.4 Å². The normalized spacial score (nSPS) is 10.8. The van der Waals surface area contributed by atoms with Crippen molar-refractivity contribution in [3.63, 3.8) is 0 Å². The Morgan fingerprint density at radius 2 is 1.79 bits per heavy atom. The number of urea groups is 1. The topological polar surface area (TPSA) is 59.0 Å². The van der Waals surface area contributed by atoms with Crippen LogP contribution in [0.4, 0.5) is 16.2 Å². The lowest BCUT2D eigenvalue weighted by atomic mass is 10.2. The molecule has 4 rings (SSSR count). The van der Waals surface area contributed by atoms with Crippen molar-refractivity contribution in [3.8, 4) is 5.69 Å². The van der Waals surface area contributed by atoms with Gasteiger partial charge in [0.05, 0.1) is 11.2 Å². The fraction of sp³-hybridized carbons (Fsp3) is 0.0909. The number of aryl methyl sites for hydroxylation is 2. The molecule has 5 nitrogen and oxygen atoms in total. The smallest absolute Gasteiger partial charge is 0.314 e. The molecule has 0 aliphatic heterocycles. The molecule has 0 unspecified atom stereocenters. The average Bonchev–Trinajstić information content (AvgIpc) is 3.02. The number of benzene rings is 2. The number of aromatic nitrogens is 2. The summed E-state index contributed by atoms with van der Waals surface area (Å²) < 4.78 is 3.11. The molecule has 0 atom stereocenters. The Kier molecular flexibility index (Phi) is 4.88. The molecular weight excluding hydrogens is 416 g/mol. The summed E-state index contributed by atoms with van der Waals surface area (Å²) in [7, 11) is 0. The molecule has 0 saturated heterocycles. The van der Waals surface area contributed by atoms with Crippen LogP contribution in [0.3, 0.4) is 0 Å². The second-order valence-corrected chi connectivity index (χ2v) is 7.46. The van der Waals surface area contributed by atoms with E-state index in [-0.39, 0.29) is 6.03 Å². The van der Waals surface area contributed by atoms with Crippen LogP contribution in [0.5, 0.6) is 0 Å². The number of amides is 2. The molecule has 0 spiro atoms. The maximum Gasteiger partial charge on any atom is 0.323 e. The second-order valence-electron chi connectivity index (χ2n) is 6.61. The summed E-state index contributed by atoms with van der Waals surface area (Å²) in [4.78, 5) is 16.6. The van der Waals surface area contributed by atoms with Gasteiger partial charge in [0.15, 0.2) is 0 Å². The molecule has 0 saturated carbocycles. The van der Waals surface area contributed by atoms with Crippen molar-refractivity contribution < 1.29 is 4.79 Å². The zero-order valence-electron chi connectivity index (χ0n) is 15.5. The van der Waals surface area contributed by atoms with E-state index in [2.05, 4.69) is 42.2 Å². The molecule has 6 heteroatoms. The van der Waals surface area contributed by atoms with E-state index < -0.39 is 0 Å². The fourth-order valence-electron chi connectivity index (χ4n) is 3.26. The highest BCUT2D eigenvalue weighted by atomic mass is 79.9. The number of nitrogens with one attached hydrogen (secondary N) is 2. The third kappa shape index (κ3) is 3.51. The highest BCUT2D eigenvalue weighted by molar-refractivity contribution is 9.10. The lowest BCUT2D eigenvalue weighted by Crippen LogP contribution is -2.19. The van der Waals surface area contributed by atoms with Crippen molar-refractivity contribution in [1.82, 2.24) is 9.55 Å². The van der Waals surface area contributed by atoms with Crippen LogP contribution in [-0.2, 0) is 0 Å². The minimum atomic E-state index is -0.280. The third-order valence-corrected chi connectivity index (χ3v) is 5.48. The summed E-state index contributed by atoms with van der Waals surface area (Å²) in [5.41, 5.74) is 5.75. The number of nitrogens with zero attached hydrogens (tertiary/aromatic N) is 2. The summed E-state index contributed by atoms with van der Waals surface area (Å²) in [5, 5.41) is 6.83. The number of anilines is 2. The Morgan fingerprint density at radius 3 is 2.54 bits per heavy atom. The van der Waals surface area contributed by atoms with E-state index in [0.717, 1.165) is 43.7 Å². The van der Waals surface area contributed by atoms with Gasteiger partial charge in [-0.25, -0.2) is 4.79 Å². The minimum Gasteiger partial charge on any atom is -0.314 e. The molecule has 0 aliphatic rings. The average molecular weight is 435 g/mol. The highest BCUT2D eigenvalue weighted by Crippen LogP contribution is 2.30. The summed E-state index contributed by atoms with van der Waals surface area (Å²) in [6.07, 6.45) is 3.55. The van der Waals surface area contributed by atoms with Crippen LogP contribution >= 0.6 is 15.9 Å². The fourth-order valence-corrected chi connectivity index (χ4v) is 3.64. The van der Waals surface area contributed by atoms with Crippen molar-refractivity contribution >= 4 is 44.2 Å². The lowest BCUT2D eigenvalue weighted by Gasteiger charge is -2.11. The summed E-state index contributed by atoms with van der Waals surface area (Å²) in [6, 6.07) is 17.3. The van der Waals surface area contributed by atoms with E-state index in [0.29, 0.717) is 0 Å². The molecule has 4 aromatic rings. The van der Waals surface area contributed by atoms with Gasteiger partial charge in [-0.05, 0) is 61.9 Å². The van der Waals surface area contributed by atoms with Gasteiger partial charge in [-0.15, -0.1) is 0 Å². The standard InChI is InChI=1S/C22H19BrN4O/c1-14-6-7-16(13-19(14)23)25-22(28)26-20-4-3-5-21-18(20)12-15(2)27(21)17-8-10-24-11-9-17/h3-13H,1-2H3,(H2,25,26,28). The number of rotatable bonds is 3. The van der Waals surface area contributed by atoms with E-state index in [4.69, 9.17) is 0 Å². The monoisotopic (exact) mass is 434 g/mol. The summed E-state index contributed by atoms with van der Waals surface area (Å²) >= 11 is 3.49. The SMILES string of the molecule is Cc1ccc(NC(=O)Nc2cccc3c2cc(C)n3-c2ccncc2)cc1Br. The van der Waals surface area contributed by atoms with Crippen LogP contribution in [0.25, 0.3) is 16.6 Å². The van der Waals surface area contributed by atoms with Crippen LogP contribution < -0.4 is 10.6 Å². The van der Waals surface area contributed by atoms with Crippen molar-refractivity contribution in [2.75, 3.05) is 10.6 Å². The zero-order chi connectivity index (χ0) is 19.7. The molecule has 2 amide bonds. The molecule has 28 heavy (non-hydrogen) atoms. The third-order valence-electron chi connectivity index (χ3n) is 4.63. The first-order valence-corrected chi connectivity index (χ1v) is 9.68. The van der Waals surface area contributed by atoms with Gasteiger partial charge in [-0.1, -0.05) is 28.1 Å². The van der Waals surface area contributed by atoms with Gasteiger partial charge in [-0.2, -0.15) is 0 Å². The van der Waals surface area contributed by atoms with Gasteiger partial charge < -0.3 is 15.2 Å². The molecule has 2 heterocycles. The first kappa shape index (κ1) is 18.3. The Balaban J connectivity index is 1.64. The maximum atomic E-state index is 12.5. The van der Waals surface area contributed by atoms with E-state index in [1.165, 1.54) is 0 Å². The van der Waals surface area contributed by atoms with Crippen molar-refractivity contribution in [2.45, 2.75) is 13.8 Å². The van der Waals surface area contributed by atoms with Crippen LogP contribution in [0.1, 0.15) is 11.3 Å². The summed E-state index contributed by atoms with van der Waals surface area (Å²) in [6.45, 7) is 4.05. The van der Waals surface area contributed by atoms with Crippen LogP contribution in [-0.4, -0.2) is 15.6 Å². The summed E-state index contributed by atoms with van der Waals surface area (Å²) in [5.74, 6) is 0. The molecule has 140 valence electrons. The van der Waals surface area contributed by atoms with Crippen molar-refractivity contribution in [1.29, 1.82) is 0 Å². The van der Waals surface area contributed by atoms with Crippen molar-refractivity contribution in [2.24, 2.45) is 0 Å². The number of hydrogen-bond acceptors (Lipinski definition) is 2. The molecule has 0 radical (unpaired) electrons.